The fourth-order valence-corrected chi connectivity index (χ4v) is 7.04. The minimum absolute atomic E-state index is 0. The normalized spacial score (nSPS) is 11.3. The van der Waals surface area contributed by atoms with Crippen LogP contribution >= 0.6 is 0 Å². The third kappa shape index (κ3) is 4.28. The molecule has 4 aromatic heterocycles. The highest BCUT2D eigenvalue weighted by Gasteiger charge is 2.19. The molecule has 4 aromatic carbocycles. The first-order valence-electron chi connectivity index (χ1n) is 15.0. The van der Waals surface area contributed by atoms with Gasteiger partial charge in [0, 0.05) is 52.4 Å². The summed E-state index contributed by atoms with van der Waals surface area (Å²) in [6.07, 6.45) is 4.37. The fraction of sp³-hybridized carbons (Fsp3) is 0.200. The van der Waals surface area contributed by atoms with Crippen molar-refractivity contribution >= 4 is 43.6 Å². The molecule has 0 radical (unpaired) electrons. The Morgan fingerprint density at radius 1 is 0.523 bits per heavy atom. The number of aromatic amines is 1. The van der Waals surface area contributed by atoms with Crippen LogP contribution in [-0.4, -0.2) is 18.7 Å². The van der Waals surface area contributed by atoms with Gasteiger partial charge in [-0.2, -0.15) is 0 Å². The van der Waals surface area contributed by atoms with Crippen LogP contribution in [0.3, 0.4) is 0 Å². The zero-order valence-corrected chi connectivity index (χ0v) is 26.1. The first-order valence-corrected chi connectivity index (χ1v) is 15.0. The van der Waals surface area contributed by atoms with E-state index in [0.717, 1.165) is 0 Å². The highest BCUT2D eigenvalue weighted by atomic mass is 15.0. The summed E-state index contributed by atoms with van der Waals surface area (Å²) in [5.41, 5.74) is 15.5. The van der Waals surface area contributed by atoms with E-state index in [1.165, 1.54) is 88.6 Å². The molecule has 0 unspecified atom stereocenters. The quantitative estimate of drug-likeness (QED) is 0.212. The van der Waals surface area contributed by atoms with Crippen LogP contribution in [0.25, 0.3) is 55.0 Å². The number of aromatic nitrogens is 4. The Morgan fingerprint density at radius 2 is 1.02 bits per heavy atom. The topological polar surface area (TPSA) is 30.6 Å². The predicted molar refractivity (Wildman–Crippen MR) is 190 cm³/mol. The van der Waals surface area contributed by atoms with Gasteiger partial charge in [0.05, 0.1) is 33.4 Å². The molecule has 0 fully saturated rings. The average molecular weight is 579 g/mol. The first-order chi connectivity index (χ1) is 20.8. The molecule has 0 saturated heterocycles. The molecule has 8 aromatic rings. The molecule has 4 nitrogen and oxygen atoms in total. The number of para-hydroxylation sites is 4. The Morgan fingerprint density at radius 3 is 1.61 bits per heavy atom. The van der Waals surface area contributed by atoms with Crippen LogP contribution in [-0.2, 0) is 7.05 Å². The number of aryl methyl sites for hydroxylation is 7. The lowest BCUT2D eigenvalue weighted by molar-refractivity contribution is 0.886. The number of hydrogen-bond acceptors (Lipinski definition) is 0. The molecular formula is C40H42N4. The van der Waals surface area contributed by atoms with Gasteiger partial charge in [0.2, 0.25) is 0 Å². The molecule has 222 valence electrons. The van der Waals surface area contributed by atoms with E-state index in [9.17, 15) is 0 Å². The summed E-state index contributed by atoms with van der Waals surface area (Å²) in [5, 5.41) is 5.30. The van der Waals surface area contributed by atoms with Gasteiger partial charge in [0.15, 0.2) is 0 Å². The molecule has 0 atom stereocenters. The molecule has 0 aliphatic heterocycles. The standard InChI is InChI=1S/C20H20N2.C19H18N2.CH4/c1-13-8-7-9-14(2)20(13)22-17-11-6-5-10-16(17)19-15(3)21(4)12-18(19)22;1-12-7-6-8-13(2)18(12)21-17-10-5-4-9-15(17)16-11-20-14(3)19(16)21;/h5-12H,1-4H3;4-11,20H,1-3H3;1H4. The minimum atomic E-state index is 0. The van der Waals surface area contributed by atoms with E-state index >= 15 is 0 Å². The smallest absolute Gasteiger partial charge is 0.0745 e. The predicted octanol–water partition coefficient (Wildman–Crippen LogP) is 10.7. The molecule has 0 aliphatic rings. The van der Waals surface area contributed by atoms with E-state index in [4.69, 9.17) is 0 Å². The second kappa shape index (κ2) is 10.9. The molecule has 4 heteroatoms. The Balaban J connectivity index is 0.000000153. The summed E-state index contributed by atoms with van der Waals surface area (Å²) < 4.78 is 7.05. The molecule has 8 rings (SSSR count). The van der Waals surface area contributed by atoms with Crippen molar-refractivity contribution in [1.29, 1.82) is 0 Å². The van der Waals surface area contributed by atoms with Crippen molar-refractivity contribution in [3.05, 3.63) is 131 Å². The van der Waals surface area contributed by atoms with Crippen molar-refractivity contribution < 1.29 is 0 Å². The molecule has 44 heavy (non-hydrogen) atoms. The highest BCUT2D eigenvalue weighted by Crippen LogP contribution is 2.37. The minimum Gasteiger partial charge on any atom is -0.363 e. The molecule has 0 amide bonds. The third-order valence-corrected chi connectivity index (χ3v) is 9.15. The number of hydrogen-bond donors (Lipinski definition) is 1. The highest BCUT2D eigenvalue weighted by molar-refractivity contribution is 6.11. The summed E-state index contributed by atoms with van der Waals surface area (Å²) in [5.74, 6) is 0. The lowest BCUT2D eigenvalue weighted by Gasteiger charge is -2.14. The zero-order chi connectivity index (χ0) is 30.0. The van der Waals surface area contributed by atoms with Crippen LogP contribution in [0.2, 0.25) is 0 Å². The molecular weight excluding hydrogens is 536 g/mol. The number of rotatable bonds is 2. The van der Waals surface area contributed by atoms with Crippen LogP contribution in [0.5, 0.6) is 0 Å². The lowest BCUT2D eigenvalue weighted by Crippen LogP contribution is -2.00. The first kappa shape index (κ1) is 29.1. The number of fused-ring (bicyclic) bond motifs is 6. The number of benzene rings is 4. The average Bonchev–Trinajstić information content (AvgIpc) is 3.70. The van der Waals surface area contributed by atoms with Gasteiger partial charge >= 0.3 is 0 Å². The summed E-state index contributed by atoms with van der Waals surface area (Å²) in [6, 6.07) is 30.4. The molecule has 0 bridgehead atoms. The monoisotopic (exact) mass is 578 g/mol. The number of H-pyrrole nitrogens is 1. The van der Waals surface area contributed by atoms with Gasteiger partial charge in [-0.25, -0.2) is 0 Å². The maximum atomic E-state index is 3.38. The zero-order valence-electron chi connectivity index (χ0n) is 26.1. The summed E-state index contributed by atoms with van der Waals surface area (Å²) in [7, 11) is 2.12. The molecule has 1 N–H and O–H groups in total. The van der Waals surface area contributed by atoms with Gasteiger partial charge in [0.1, 0.15) is 0 Å². The second-order valence-electron chi connectivity index (χ2n) is 11.9. The Hall–Kier alpha value is -4.96. The van der Waals surface area contributed by atoms with Gasteiger partial charge in [-0.1, -0.05) is 80.2 Å². The van der Waals surface area contributed by atoms with Gasteiger partial charge in [-0.05, 0) is 75.9 Å². The van der Waals surface area contributed by atoms with Crippen LogP contribution in [0.15, 0.2) is 97.3 Å². The van der Waals surface area contributed by atoms with E-state index in [2.05, 4.69) is 165 Å². The number of nitrogens with one attached hydrogen (secondary N) is 1. The largest absolute Gasteiger partial charge is 0.363 e. The Labute approximate surface area is 260 Å². The van der Waals surface area contributed by atoms with Crippen molar-refractivity contribution in [3.8, 4) is 11.4 Å². The van der Waals surface area contributed by atoms with Crippen molar-refractivity contribution in [2.45, 2.75) is 49.0 Å². The summed E-state index contributed by atoms with van der Waals surface area (Å²) >= 11 is 0. The van der Waals surface area contributed by atoms with Crippen LogP contribution in [0, 0.1) is 41.5 Å². The van der Waals surface area contributed by atoms with E-state index in [0.29, 0.717) is 0 Å². The lowest BCUT2D eigenvalue weighted by atomic mass is 10.1. The molecule has 0 aliphatic carbocycles. The Bertz CT molecular complexity index is 2270. The molecule has 0 spiro atoms. The fourth-order valence-electron chi connectivity index (χ4n) is 7.04. The maximum Gasteiger partial charge on any atom is 0.0745 e. The van der Waals surface area contributed by atoms with E-state index in [-0.39, 0.29) is 7.43 Å². The molecule has 0 saturated carbocycles. The van der Waals surface area contributed by atoms with E-state index < -0.39 is 0 Å². The molecule has 4 heterocycles. The number of nitrogens with zero attached hydrogens (tertiary/aromatic N) is 3. The van der Waals surface area contributed by atoms with E-state index in [1.54, 1.807) is 0 Å². The van der Waals surface area contributed by atoms with Crippen molar-refractivity contribution in [1.82, 2.24) is 18.7 Å². The summed E-state index contributed by atoms with van der Waals surface area (Å²) in [6.45, 7) is 13.1. The van der Waals surface area contributed by atoms with Crippen molar-refractivity contribution in [2.75, 3.05) is 0 Å². The third-order valence-electron chi connectivity index (χ3n) is 9.15. The van der Waals surface area contributed by atoms with Crippen LogP contribution in [0.4, 0.5) is 0 Å². The van der Waals surface area contributed by atoms with Gasteiger partial charge in [-0.3, -0.25) is 0 Å². The summed E-state index contributed by atoms with van der Waals surface area (Å²) in [4.78, 5) is 3.38. The van der Waals surface area contributed by atoms with Crippen molar-refractivity contribution in [2.24, 2.45) is 7.05 Å². The Kier molecular flexibility index (Phi) is 7.25. The second-order valence-corrected chi connectivity index (χ2v) is 11.9. The van der Waals surface area contributed by atoms with Crippen molar-refractivity contribution in [3.63, 3.8) is 0 Å². The van der Waals surface area contributed by atoms with Gasteiger partial charge in [-0.15, -0.1) is 0 Å². The van der Waals surface area contributed by atoms with E-state index in [1.807, 2.05) is 0 Å². The van der Waals surface area contributed by atoms with Gasteiger partial charge < -0.3 is 18.7 Å². The van der Waals surface area contributed by atoms with Crippen LogP contribution < -0.4 is 0 Å². The SMILES string of the molecule is C.Cc1cccc(C)c1-n1c2ccccc2c2c(C)n(C)cc21.Cc1cccc(C)c1-n1c2ccccc2c2c[nH]c(C)c21. The van der Waals surface area contributed by atoms with Gasteiger partial charge in [0.25, 0.3) is 0 Å². The van der Waals surface area contributed by atoms with Crippen LogP contribution in [0.1, 0.15) is 41.1 Å². The maximum absolute atomic E-state index is 3.38.